The molecule has 1 N–H and O–H groups in total. The summed E-state index contributed by atoms with van der Waals surface area (Å²) in [5.41, 5.74) is 0. The number of likely N-dealkylation sites (tertiary alicyclic amines) is 1. The van der Waals surface area contributed by atoms with Crippen LogP contribution in [0.3, 0.4) is 0 Å². The van der Waals surface area contributed by atoms with Crippen molar-refractivity contribution < 1.29 is 9.90 Å². The van der Waals surface area contributed by atoms with E-state index in [1.807, 2.05) is 11.2 Å². The molecule has 0 bridgehead atoms. The van der Waals surface area contributed by atoms with Gasteiger partial charge in [-0.15, -0.1) is 11.8 Å². The molecule has 0 unspecified atom stereocenters. The zero-order valence-corrected chi connectivity index (χ0v) is 8.64. The van der Waals surface area contributed by atoms with Crippen LogP contribution in [0.2, 0.25) is 0 Å². The molecule has 1 saturated carbocycles. The van der Waals surface area contributed by atoms with Crippen molar-refractivity contribution in [2.75, 3.05) is 19.3 Å². The van der Waals surface area contributed by atoms with Crippen molar-refractivity contribution in [3.05, 3.63) is 0 Å². The number of β-amino-alcohol motifs (C(OH)–C–C–N with tert-alkyl or cyclic N) is 1. The quantitative estimate of drug-likeness (QED) is 0.706. The summed E-state index contributed by atoms with van der Waals surface area (Å²) >= 11 is 1.66. The second-order valence-corrected chi connectivity index (χ2v) is 5.08. The number of rotatable bonds is 2. The third-order valence-corrected chi connectivity index (χ3v) is 4.30. The molecule has 74 valence electrons. The summed E-state index contributed by atoms with van der Waals surface area (Å²) in [4.78, 5) is 13.7. The summed E-state index contributed by atoms with van der Waals surface area (Å²) in [6.45, 7) is 1.28. The average molecular weight is 201 g/mol. The van der Waals surface area contributed by atoms with Gasteiger partial charge in [0, 0.05) is 13.1 Å². The zero-order chi connectivity index (χ0) is 9.47. The van der Waals surface area contributed by atoms with Gasteiger partial charge in [-0.2, -0.15) is 0 Å². The number of thioether (sulfide) groups is 1. The molecule has 4 heteroatoms. The van der Waals surface area contributed by atoms with Crippen molar-refractivity contribution in [1.29, 1.82) is 0 Å². The fourth-order valence-corrected chi connectivity index (χ4v) is 2.65. The second-order valence-electron chi connectivity index (χ2n) is 3.89. The second kappa shape index (κ2) is 3.17. The van der Waals surface area contributed by atoms with E-state index in [0.29, 0.717) is 6.54 Å². The van der Waals surface area contributed by atoms with E-state index in [9.17, 15) is 9.90 Å². The normalized spacial score (nSPS) is 30.6. The summed E-state index contributed by atoms with van der Waals surface area (Å²) < 4.78 is -0.107. The summed E-state index contributed by atoms with van der Waals surface area (Å²) in [7, 11) is 0. The average Bonchev–Trinajstić information content (AvgIpc) is 2.82. The van der Waals surface area contributed by atoms with Crippen molar-refractivity contribution in [3.8, 4) is 0 Å². The van der Waals surface area contributed by atoms with Crippen molar-refractivity contribution >= 4 is 17.7 Å². The highest BCUT2D eigenvalue weighted by Gasteiger charge is 2.51. The Labute approximate surface area is 82.5 Å². The van der Waals surface area contributed by atoms with Gasteiger partial charge >= 0.3 is 0 Å². The Kier molecular flexibility index (Phi) is 2.28. The van der Waals surface area contributed by atoms with E-state index < -0.39 is 0 Å². The van der Waals surface area contributed by atoms with Gasteiger partial charge in [-0.05, 0) is 25.5 Å². The number of amides is 1. The Balaban J connectivity index is 1.98. The van der Waals surface area contributed by atoms with Crippen molar-refractivity contribution in [2.45, 2.75) is 30.1 Å². The fourth-order valence-electron chi connectivity index (χ4n) is 1.83. The Morgan fingerprint density at radius 2 is 2.31 bits per heavy atom. The lowest BCUT2D eigenvalue weighted by atomic mass is 10.3. The first kappa shape index (κ1) is 9.34. The van der Waals surface area contributed by atoms with Crippen LogP contribution in [0.5, 0.6) is 0 Å². The lowest BCUT2D eigenvalue weighted by Crippen LogP contribution is -2.37. The van der Waals surface area contributed by atoms with E-state index in [4.69, 9.17) is 0 Å². The van der Waals surface area contributed by atoms with Crippen LogP contribution in [-0.2, 0) is 4.79 Å². The number of carbonyl (C=O) groups excluding carboxylic acids is 1. The molecule has 0 spiro atoms. The standard InChI is InChI=1S/C9H15NO2S/c1-13-9(3-4-9)8(12)10-5-2-7(11)6-10/h7,11H,2-6H2,1H3/t7-/m1/s1. The molecule has 0 radical (unpaired) electrons. The van der Waals surface area contributed by atoms with Gasteiger partial charge < -0.3 is 10.0 Å². The molecule has 2 aliphatic rings. The number of nitrogens with zero attached hydrogens (tertiary/aromatic N) is 1. The maximum atomic E-state index is 11.9. The van der Waals surface area contributed by atoms with E-state index >= 15 is 0 Å². The van der Waals surface area contributed by atoms with Gasteiger partial charge in [0.15, 0.2) is 0 Å². The molecular weight excluding hydrogens is 186 g/mol. The molecule has 1 heterocycles. The van der Waals surface area contributed by atoms with Crippen LogP contribution in [0.4, 0.5) is 0 Å². The first-order chi connectivity index (χ1) is 6.18. The monoisotopic (exact) mass is 201 g/mol. The third kappa shape index (κ3) is 1.57. The summed E-state index contributed by atoms with van der Waals surface area (Å²) in [6.07, 6.45) is 4.48. The number of carbonyl (C=O) groups is 1. The van der Waals surface area contributed by atoms with E-state index in [1.54, 1.807) is 11.8 Å². The van der Waals surface area contributed by atoms with Crippen LogP contribution in [-0.4, -0.2) is 46.1 Å². The summed E-state index contributed by atoms with van der Waals surface area (Å²) in [6, 6.07) is 0. The van der Waals surface area contributed by atoms with E-state index in [2.05, 4.69) is 0 Å². The van der Waals surface area contributed by atoms with Gasteiger partial charge in [0.1, 0.15) is 0 Å². The maximum Gasteiger partial charge on any atom is 0.238 e. The van der Waals surface area contributed by atoms with Crippen molar-refractivity contribution in [3.63, 3.8) is 0 Å². The minimum Gasteiger partial charge on any atom is -0.391 e. The molecular formula is C9H15NO2S. The lowest BCUT2D eigenvalue weighted by Gasteiger charge is -2.21. The minimum absolute atomic E-state index is 0.107. The SMILES string of the molecule is CSC1(C(=O)N2CC[C@@H](O)C2)CC1. The summed E-state index contributed by atoms with van der Waals surface area (Å²) in [5.74, 6) is 0.247. The van der Waals surface area contributed by atoms with Crippen LogP contribution in [0.1, 0.15) is 19.3 Å². The maximum absolute atomic E-state index is 11.9. The highest BCUT2D eigenvalue weighted by Crippen LogP contribution is 2.48. The number of aliphatic hydroxyl groups excluding tert-OH is 1. The molecule has 0 aromatic carbocycles. The molecule has 0 aromatic rings. The molecule has 1 amide bonds. The van der Waals surface area contributed by atoms with Crippen LogP contribution < -0.4 is 0 Å². The van der Waals surface area contributed by atoms with Gasteiger partial charge in [0.25, 0.3) is 0 Å². The highest BCUT2D eigenvalue weighted by molar-refractivity contribution is 8.01. The Hall–Kier alpha value is -0.220. The number of hydrogen-bond acceptors (Lipinski definition) is 3. The van der Waals surface area contributed by atoms with E-state index in [0.717, 1.165) is 25.8 Å². The van der Waals surface area contributed by atoms with Crippen molar-refractivity contribution in [2.24, 2.45) is 0 Å². The first-order valence-corrected chi connectivity index (χ1v) is 5.93. The van der Waals surface area contributed by atoms with Crippen LogP contribution >= 0.6 is 11.8 Å². The molecule has 1 aliphatic heterocycles. The predicted molar refractivity (Wildman–Crippen MR) is 52.7 cm³/mol. The van der Waals surface area contributed by atoms with E-state index in [1.165, 1.54) is 0 Å². The van der Waals surface area contributed by atoms with Gasteiger partial charge in [-0.1, -0.05) is 0 Å². The van der Waals surface area contributed by atoms with Crippen LogP contribution in [0.25, 0.3) is 0 Å². The van der Waals surface area contributed by atoms with E-state index in [-0.39, 0.29) is 16.8 Å². The fraction of sp³-hybridized carbons (Fsp3) is 0.889. The lowest BCUT2D eigenvalue weighted by molar-refractivity contribution is -0.130. The Morgan fingerprint density at radius 3 is 2.69 bits per heavy atom. The molecule has 2 rings (SSSR count). The number of aliphatic hydroxyl groups is 1. The smallest absolute Gasteiger partial charge is 0.238 e. The first-order valence-electron chi connectivity index (χ1n) is 4.70. The molecule has 2 fully saturated rings. The summed E-state index contributed by atoms with van der Waals surface area (Å²) in [5, 5.41) is 9.31. The van der Waals surface area contributed by atoms with Gasteiger partial charge in [-0.3, -0.25) is 4.79 Å². The topological polar surface area (TPSA) is 40.5 Å². The van der Waals surface area contributed by atoms with Gasteiger partial charge in [0.2, 0.25) is 5.91 Å². The third-order valence-electron chi connectivity index (χ3n) is 2.94. The zero-order valence-electron chi connectivity index (χ0n) is 7.82. The Morgan fingerprint density at radius 1 is 1.62 bits per heavy atom. The molecule has 1 atom stereocenters. The molecule has 3 nitrogen and oxygen atoms in total. The Bertz CT molecular complexity index is 228. The molecule has 0 aromatic heterocycles. The van der Waals surface area contributed by atoms with Crippen LogP contribution in [0, 0.1) is 0 Å². The van der Waals surface area contributed by atoms with Gasteiger partial charge in [0.05, 0.1) is 10.9 Å². The molecule has 1 aliphatic carbocycles. The molecule has 13 heavy (non-hydrogen) atoms. The molecule has 1 saturated heterocycles. The van der Waals surface area contributed by atoms with Crippen LogP contribution in [0.15, 0.2) is 0 Å². The van der Waals surface area contributed by atoms with Crippen molar-refractivity contribution in [1.82, 2.24) is 4.90 Å². The minimum atomic E-state index is -0.290. The number of hydrogen-bond donors (Lipinski definition) is 1. The van der Waals surface area contributed by atoms with Gasteiger partial charge in [-0.25, -0.2) is 0 Å². The highest BCUT2D eigenvalue weighted by atomic mass is 32.2. The predicted octanol–water partition coefficient (Wildman–Crippen LogP) is 0.475. The largest absolute Gasteiger partial charge is 0.391 e.